The largest absolute Gasteiger partial charge is 1.00 e. The molecule has 0 heterocycles. The minimum absolute atomic E-state index is 0. The molecule has 2 aliphatic rings. The van der Waals surface area contributed by atoms with Crippen molar-refractivity contribution < 1.29 is 50.5 Å². The van der Waals surface area contributed by atoms with Crippen LogP contribution in [0.2, 0.25) is 13.1 Å². The average molecular weight is 684 g/mol. The molecule has 1 saturated carbocycles. The van der Waals surface area contributed by atoms with E-state index in [0.717, 1.165) is 12.8 Å². The first-order chi connectivity index (χ1) is 15.7. The Morgan fingerprint density at radius 1 is 0.735 bits per heavy atom. The van der Waals surface area contributed by atoms with Crippen LogP contribution < -0.4 is 28.1 Å². The van der Waals surface area contributed by atoms with Crippen LogP contribution in [0, 0.1) is 5.92 Å². The Morgan fingerprint density at radius 3 is 1.59 bits per heavy atom. The van der Waals surface area contributed by atoms with Gasteiger partial charge in [0, 0.05) is 0 Å². The Bertz CT molecular complexity index is 852. The second-order valence-electron chi connectivity index (χ2n) is 10.2. The van der Waals surface area contributed by atoms with Gasteiger partial charge in [-0.2, -0.15) is 0 Å². The summed E-state index contributed by atoms with van der Waals surface area (Å²) in [4.78, 5) is 13.7. The molecule has 4 rings (SSSR count). The number of hydrogen-bond donors (Lipinski definition) is 1. The van der Waals surface area contributed by atoms with E-state index in [9.17, 15) is 4.79 Å². The van der Waals surface area contributed by atoms with Crippen LogP contribution in [0.15, 0.2) is 48.5 Å². The Hall–Kier alpha value is -0.423. The SMILES string of the molecule is C[SiH](C)[Hf+2]([NH]C(=O)C1CCCCCCCCCCC1)[CH]1c2ccccc2-c2ccccc21.[Cl-].[Cl-]. The number of nitrogens with one attached hydrogen (secondary N) is 1. The van der Waals surface area contributed by atoms with Crippen molar-refractivity contribution in [3.63, 3.8) is 0 Å². The number of fused-ring (bicyclic) bond motifs is 3. The third kappa shape index (κ3) is 7.30. The van der Waals surface area contributed by atoms with Crippen molar-refractivity contribution in [2.24, 2.45) is 5.92 Å². The standard InChI is InChI=1S/C13H25NO.C13H9.C2H7Si.2ClH.Hf/c14-13(15)12-10-8-6-4-2-1-3-5-7-9-11-12;1-3-7-12-10(5-1)9-11-6-2-4-8-13(11)12;1-3-2;;;/h12H,1-11H2,(H2,14,15);1-9H;3H,1-2H3;2*1H;/q;;;;;+3/p-3. The maximum Gasteiger partial charge on any atom is -1.00 e. The molecule has 0 spiro atoms. The molecule has 0 saturated heterocycles. The van der Waals surface area contributed by atoms with Gasteiger partial charge in [-0.05, 0) is 0 Å². The molecule has 0 radical (unpaired) electrons. The van der Waals surface area contributed by atoms with Crippen LogP contribution in [0.1, 0.15) is 85.4 Å². The molecule has 0 aromatic heterocycles. The van der Waals surface area contributed by atoms with Crippen molar-refractivity contribution in [3.8, 4) is 11.1 Å². The molecule has 0 bridgehead atoms. The van der Waals surface area contributed by atoms with E-state index in [-0.39, 0.29) is 30.7 Å². The zero-order valence-corrected chi connectivity index (χ0v) is 27.1. The number of carbonyl (C=O) groups excluding carboxylic acids is 1. The maximum absolute atomic E-state index is 13.7. The van der Waals surface area contributed by atoms with Crippen LogP contribution in [0.25, 0.3) is 11.1 Å². The first kappa shape index (κ1) is 29.8. The van der Waals surface area contributed by atoms with Crippen LogP contribution in [0.4, 0.5) is 0 Å². The third-order valence-electron chi connectivity index (χ3n) is 7.51. The van der Waals surface area contributed by atoms with Crippen molar-refractivity contribution in [1.29, 1.82) is 0 Å². The number of rotatable bonds is 4. The first-order valence-electron chi connectivity index (χ1n) is 13.0. The number of carbonyl (C=O) groups is 1. The van der Waals surface area contributed by atoms with Gasteiger partial charge in [-0.15, -0.1) is 0 Å². The molecular weight excluding hydrogens is 644 g/mol. The van der Waals surface area contributed by atoms with Gasteiger partial charge in [-0.1, -0.05) is 0 Å². The van der Waals surface area contributed by atoms with Crippen molar-refractivity contribution >= 4 is 11.9 Å². The molecule has 2 nitrogen and oxygen atoms in total. The molecule has 1 N–H and O–H groups in total. The molecule has 34 heavy (non-hydrogen) atoms. The van der Waals surface area contributed by atoms with Gasteiger partial charge in [-0.25, -0.2) is 0 Å². The molecule has 6 heteroatoms. The van der Waals surface area contributed by atoms with E-state index in [0.29, 0.717) is 9.58 Å². The molecule has 185 valence electrons. The molecule has 1 amide bonds. The quantitative estimate of drug-likeness (QED) is 0.485. The Balaban J connectivity index is 0.00000204. The third-order valence-corrected chi connectivity index (χ3v) is 32.5. The molecule has 2 aromatic carbocycles. The minimum Gasteiger partial charge on any atom is -1.00 e. The summed E-state index contributed by atoms with van der Waals surface area (Å²) < 4.78 is 4.37. The van der Waals surface area contributed by atoms with Crippen LogP contribution >= 0.6 is 0 Å². The van der Waals surface area contributed by atoms with E-state index in [4.69, 9.17) is 0 Å². The van der Waals surface area contributed by atoms with Crippen molar-refractivity contribution in [1.82, 2.24) is 3.30 Å². The van der Waals surface area contributed by atoms with Gasteiger partial charge in [0.15, 0.2) is 0 Å². The van der Waals surface area contributed by atoms with Crippen molar-refractivity contribution in [3.05, 3.63) is 59.7 Å². The Morgan fingerprint density at radius 2 is 1.15 bits per heavy atom. The Kier molecular flexibility index (Phi) is 13.1. The van der Waals surface area contributed by atoms with E-state index in [2.05, 4.69) is 64.9 Å². The summed E-state index contributed by atoms with van der Waals surface area (Å²) in [6, 6.07) is 18.0. The molecule has 2 aromatic rings. The van der Waals surface area contributed by atoms with Gasteiger partial charge < -0.3 is 24.8 Å². The monoisotopic (exact) mass is 684 g/mol. The zero-order chi connectivity index (χ0) is 22.3. The topological polar surface area (TPSA) is 29.1 Å². The van der Waals surface area contributed by atoms with E-state index < -0.39 is 26.9 Å². The zero-order valence-electron chi connectivity index (χ0n) is 20.8. The second kappa shape index (κ2) is 15.0. The molecule has 2 aliphatic carbocycles. The molecule has 0 unspecified atom stereocenters. The Labute approximate surface area is 228 Å². The van der Waals surface area contributed by atoms with Gasteiger partial charge in [-0.3, -0.25) is 0 Å². The fourth-order valence-corrected chi connectivity index (χ4v) is 27.6. The summed E-state index contributed by atoms with van der Waals surface area (Å²) in [7, 11) is 0. The second-order valence-corrected chi connectivity index (χ2v) is 36.3. The van der Waals surface area contributed by atoms with Crippen molar-refractivity contribution in [2.75, 3.05) is 0 Å². The minimum atomic E-state index is -2.42. The molecular formula is C28H40Cl2HfNOSi. The van der Waals surface area contributed by atoms with Gasteiger partial charge in [0.05, 0.1) is 0 Å². The van der Waals surface area contributed by atoms with E-state index in [1.165, 1.54) is 80.0 Å². The van der Waals surface area contributed by atoms with E-state index in [1.54, 1.807) is 0 Å². The number of halogens is 2. The normalized spacial score (nSPS) is 17.3. The number of benzene rings is 2. The fourth-order valence-electron chi connectivity index (χ4n) is 5.71. The maximum atomic E-state index is 13.7. The van der Waals surface area contributed by atoms with Crippen LogP contribution in [-0.2, 0) is 25.7 Å². The summed E-state index contributed by atoms with van der Waals surface area (Å²) in [5, 5.41) is 0. The van der Waals surface area contributed by atoms with Crippen molar-refractivity contribution in [2.45, 2.75) is 87.4 Å². The summed E-state index contributed by atoms with van der Waals surface area (Å²) in [6.07, 6.45) is 14.1. The smallest absolute Gasteiger partial charge is 1.00 e. The van der Waals surface area contributed by atoms with Crippen LogP contribution in [0.5, 0.6) is 0 Å². The predicted molar refractivity (Wildman–Crippen MR) is 135 cm³/mol. The van der Waals surface area contributed by atoms with Gasteiger partial charge in [0.2, 0.25) is 0 Å². The summed E-state index contributed by atoms with van der Waals surface area (Å²) in [5.74, 6) is -0.267. The molecule has 0 atom stereocenters. The number of hydrogen-bond acceptors (Lipinski definition) is 1. The summed E-state index contributed by atoms with van der Waals surface area (Å²) in [6.45, 7) is 4.99. The summed E-state index contributed by atoms with van der Waals surface area (Å²) >= 11 is -2.42. The fraction of sp³-hybridized carbons (Fsp3) is 0.536. The van der Waals surface area contributed by atoms with E-state index in [1.807, 2.05) is 0 Å². The predicted octanol–water partition coefficient (Wildman–Crippen LogP) is 1.32. The van der Waals surface area contributed by atoms with Gasteiger partial charge in [0.1, 0.15) is 0 Å². The van der Waals surface area contributed by atoms with Gasteiger partial charge >= 0.3 is 205 Å². The first-order valence-corrected chi connectivity index (χ1v) is 26.0. The number of amides is 1. The van der Waals surface area contributed by atoms with Crippen LogP contribution in [-0.4, -0.2) is 11.9 Å². The molecule has 1 fully saturated rings. The van der Waals surface area contributed by atoms with Gasteiger partial charge in [0.25, 0.3) is 0 Å². The molecule has 0 aliphatic heterocycles. The average Bonchev–Trinajstić information content (AvgIpc) is 3.12. The van der Waals surface area contributed by atoms with E-state index >= 15 is 0 Å². The van der Waals surface area contributed by atoms with Crippen LogP contribution in [0.3, 0.4) is 0 Å². The summed E-state index contributed by atoms with van der Waals surface area (Å²) in [5.41, 5.74) is 5.81.